The highest BCUT2D eigenvalue weighted by atomic mass is 16.6. The van der Waals surface area contributed by atoms with Gasteiger partial charge in [0.15, 0.2) is 0 Å². The van der Waals surface area contributed by atoms with Crippen molar-refractivity contribution in [2.75, 3.05) is 6.61 Å². The molecule has 0 saturated heterocycles. The number of rotatable bonds is 15. The van der Waals surface area contributed by atoms with Crippen LogP contribution in [0.1, 0.15) is 107 Å². The van der Waals surface area contributed by atoms with E-state index in [0.29, 0.717) is 18.9 Å². The Hall–Kier alpha value is -1.10. The molecule has 5 heteroatoms. The lowest BCUT2D eigenvalue weighted by atomic mass is 9.88. The fraction of sp³-hybridized carbons (Fsp3) is 0.917. The topological polar surface area (TPSA) is 61.8 Å². The van der Waals surface area contributed by atoms with Crippen LogP contribution in [0.3, 0.4) is 0 Å². The monoisotopic (exact) mass is 414 g/mol. The van der Waals surface area contributed by atoms with Gasteiger partial charge < -0.3 is 14.2 Å². The zero-order chi connectivity index (χ0) is 22.7. The molecule has 0 N–H and O–H groups in total. The van der Waals surface area contributed by atoms with Crippen LogP contribution in [0, 0.1) is 11.8 Å². The fourth-order valence-electron chi connectivity index (χ4n) is 3.41. The van der Waals surface area contributed by atoms with Crippen molar-refractivity contribution in [1.82, 2.24) is 0 Å². The Morgan fingerprint density at radius 3 is 1.97 bits per heavy atom. The maximum atomic E-state index is 12.4. The molecule has 4 atom stereocenters. The summed E-state index contributed by atoms with van der Waals surface area (Å²) in [5.74, 6) is -0.190. The Morgan fingerprint density at radius 1 is 0.897 bits per heavy atom. The molecule has 0 heterocycles. The molecule has 5 nitrogen and oxygen atoms in total. The zero-order valence-electron chi connectivity index (χ0n) is 20.4. The first-order valence-electron chi connectivity index (χ1n) is 11.5. The average Bonchev–Trinajstić information content (AvgIpc) is 2.63. The molecule has 0 aliphatic heterocycles. The van der Waals surface area contributed by atoms with Gasteiger partial charge in [-0.1, -0.05) is 48.0 Å². The number of hydrogen-bond acceptors (Lipinski definition) is 5. The molecule has 0 aromatic heterocycles. The normalized spacial score (nSPS) is 17.9. The van der Waals surface area contributed by atoms with Gasteiger partial charge in [0.05, 0.1) is 31.2 Å². The van der Waals surface area contributed by atoms with Gasteiger partial charge in [-0.25, -0.2) is 0 Å². The van der Waals surface area contributed by atoms with E-state index in [2.05, 4.69) is 41.5 Å². The molecular weight excluding hydrogens is 368 g/mol. The maximum Gasteiger partial charge on any atom is 0.306 e. The second-order valence-electron chi connectivity index (χ2n) is 9.34. The van der Waals surface area contributed by atoms with Crippen LogP contribution >= 0.6 is 0 Å². The molecule has 0 aromatic rings. The number of hydrogen-bond donors (Lipinski definition) is 0. The molecule has 0 radical (unpaired) electrons. The van der Waals surface area contributed by atoms with E-state index in [-0.39, 0.29) is 42.4 Å². The van der Waals surface area contributed by atoms with Crippen LogP contribution in [-0.4, -0.2) is 35.9 Å². The minimum absolute atomic E-state index is 0.0406. The van der Waals surface area contributed by atoms with Gasteiger partial charge in [-0.2, -0.15) is 0 Å². The van der Waals surface area contributed by atoms with Crippen LogP contribution in [-0.2, 0) is 23.8 Å². The number of carbonyl (C=O) groups excluding carboxylic acids is 2. The molecule has 0 fully saturated rings. The van der Waals surface area contributed by atoms with E-state index < -0.39 is 5.60 Å². The molecule has 0 bridgehead atoms. The third-order valence-electron chi connectivity index (χ3n) is 5.97. The molecule has 0 aliphatic carbocycles. The first-order chi connectivity index (χ1) is 13.4. The van der Waals surface area contributed by atoms with Crippen LogP contribution in [0.25, 0.3) is 0 Å². The second kappa shape index (κ2) is 13.3. The van der Waals surface area contributed by atoms with E-state index in [4.69, 9.17) is 14.2 Å². The highest BCUT2D eigenvalue weighted by molar-refractivity contribution is 5.78. The summed E-state index contributed by atoms with van der Waals surface area (Å²) in [5.41, 5.74) is -0.759. The van der Waals surface area contributed by atoms with E-state index >= 15 is 0 Å². The van der Waals surface area contributed by atoms with Crippen molar-refractivity contribution in [3.8, 4) is 0 Å². The van der Waals surface area contributed by atoms with Gasteiger partial charge in [-0.05, 0) is 52.4 Å². The van der Waals surface area contributed by atoms with Crippen molar-refractivity contribution in [2.45, 2.75) is 125 Å². The van der Waals surface area contributed by atoms with Crippen LogP contribution < -0.4 is 0 Å². The minimum Gasteiger partial charge on any atom is -0.463 e. The van der Waals surface area contributed by atoms with E-state index in [9.17, 15) is 9.59 Å². The van der Waals surface area contributed by atoms with Crippen molar-refractivity contribution < 1.29 is 23.8 Å². The zero-order valence-corrected chi connectivity index (χ0v) is 20.4. The molecule has 0 saturated carbocycles. The van der Waals surface area contributed by atoms with Gasteiger partial charge in [0, 0.05) is 5.92 Å². The third kappa shape index (κ3) is 11.0. The Kier molecular flexibility index (Phi) is 12.7. The Balaban J connectivity index is 4.61. The van der Waals surface area contributed by atoms with Gasteiger partial charge in [-0.3, -0.25) is 9.59 Å². The first-order valence-corrected chi connectivity index (χ1v) is 11.5. The summed E-state index contributed by atoms with van der Waals surface area (Å²) in [6.07, 6.45) is 4.50. The third-order valence-corrected chi connectivity index (χ3v) is 5.97. The quantitative estimate of drug-likeness (QED) is 0.304. The van der Waals surface area contributed by atoms with Crippen molar-refractivity contribution in [3.05, 3.63) is 0 Å². The first kappa shape index (κ1) is 27.9. The van der Waals surface area contributed by atoms with Gasteiger partial charge in [0.1, 0.15) is 5.60 Å². The van der Waals surface area contributed by atoms with E-state index in [1.165, 1.54) is 0 Å². The van der Waals surface area contributed by atoms with Crippen LogP contribution in [0.15, 0.2) is 0 Å². The Labute approximate surface area is 179 Å². The van der Waals surface area contributed by atoms with Crippen molar-refractivity contribution in [3.63, 3.8) is 0 Å². The van der Waals surface area contributed by atoms with Gasteiger partial charge in [-0.15, -0.1) is 0 Å². The summed E-state index contributed by atoms with van der Waals surface area (Å²) in [6.45, 7) is 19.1. The molecule has 172 valence electrons. The van der Waals surface area contributed by atoms with Gasteiger partial charge >= 0.3 is 11.9 Å². The van der Waals surface area contributed by atoms with Crippen molar-refractivity contribution >= 4 is 11.9 Å². The predicted octanol–water partition coefficient (Wildman–Crippen LogP) is 6.08. The Morgan fingerprint density at radius 2 is 1.48 bits per heavy atom. The van der Waals surface area contributed by atoms with E-state index in [1.807, 2.05) is 20.8 Å². The lowest BCUT2D eigenvalue weighted by molar-refractivity contribution is -0.171. The lowest BCUT2D eigenvalue weighted by Gasteiger charge is -2.37. The van der Waals surface area contributed by atoms with Crippen molar-refractivity contribution in [2.24, 2.45) is 11.8 Å². The molecule has 0 aromatic carbocycles. The fourth-order valence-corrected chi connectivity index (χ4v) is 3.41. The standard InChI is InChI=1S/C24H46O5/c1-10-15-23(8,11-2)27-17-19(6)24(9,12-3)29-22(26)14-13-21(25)28-20(7)16-18(4)5/h18-20H,10-17H2,1-9H3. The summed E-state index contributed by atoms with van der Waals surface area (Å²) in [4.78, 5) is 24.3. The lowest BCUT2D eigenvalue weighted by Crippen LogP contribution is -2.42. The van der Waals surface area contributed by atoms with E-state index in [0.717, 1.165) is 25.7 Å². The molecule has 0 amide bonds. The highest BCUT2D eigenvalue weighted by Gasteiger charge is 2.35. The van der Waals surface area contributed by atoms with Crippen molar-refractivity contribution in [1.29, 1.82) is 0 Å². The van der Waals surface area contributed by atoms with Crippen LogP contribution in [0.2, 0.25) is 0 Å². The maximum absolute atomic E-state index is 12.4. The van der Waals surface area contributed by atoms with Crippen LogP contribution in [0.4, 0.5) is 0 Å². The van der Waals surface area contributed by atoms with E-state index in [1.54, 1.807) is 0 Å². The molecule has 0 aliphatic rings. The van der Waals surface area contributed by atoms with Gasteiger partial charge in [0.2, 0.25) is 0 Å². The number of carbonyl (C=O) groups is 2. The van der Waals surface area contributed by atoms with Crippen LogP contribution in [0.5, 0.6) is 0 Å². The summed E-state index contributed by atoms with van der Waals surface area (Å²) in [7, 11) is 0. The largest absolute Gasteiger partial charge is 0.463 e. The number of ether oxygens (including phenoxy) is 3. The molecule has 0 spiro atoms. The molecule has 0 rings (SSSR count). The Bertz CT molecular complexity index is 490. The predicted molar refractivity (Wildman–Crippen MR) is 118 cm³/mol. The summed E-state index contributed by atoms with van der Waals surface area (Å²) >= 11 is 0. The molecular formula is C24H46O5. The number of esters is 2. The minimum atomic E-state index is -0.618. The van der Waals surface area contributed by atoms with Gasteiger partial charge in [0.25, 0.3) is 0 Å². The summed E-state index contributed by atoms with van der Waals surface area (Å²) in [5, 5.41) is 0. The molecule has 29 heavy (non-hydrogen) atoms. The molecule has 4 unspecified atom stereocenters. The highest BCUT2D eigenvalue weighted by Crippen LogP contribution is 2.30. The smallest absolute Gasteiger partial charge is 0.306 e. The average molecular weight is 415 g/mol. The second-order valence-corrected chi connectivity index (χ2v) is 9.34. The summed E-state index contributed by atoms with van der Waals surface area (Å²) in [6, 6.07) is 0. The summed E-state index contributed by atoms with van der Waals surface area (Å²) < 4.78 is 17.4. The SMILES string of the molecule is CCCC(C)(CC)OCC(C)C(C)(CC)OC(=O)CCC(=O)OC(C)CC(C)C.